The summed E-state index contributed by atoms with van der Waals surface area (Å²) < 4.78 is 6.13. The molecule has 1 atom stereocenters. The van der Waals surface area contributed by atoms with E-state index in [2.05, 4.69) is 43.4 Å². The fraction of sp³-hybridized carbons (Fsp3) is 0.647. The number of hydrogen-bond donors (Lipinski definition) is 1. The van der Waals surface area contributed by atoms with E-state index in [0.717, 1.165) is 25.6 Å². The van der Waals surface area contributed by atoms with Crippen molar-refractivity contribution in [2.24, 2.45) is 5.92 Å². The second-order valence-corrected chi connectivity index (χ2v) is 5.67. The van der Waals surface area contributed by atoms with Gasteiger partial charge in [-0.05, 0) is 31.4 Å². The quantitative estimate of drug-likeness (QED) is 0.767. The minimum Gasteiger partial charge on any atom is -0.372 e. The fourth-order valence-electron chi connectivity index (χ4n) is 2.58. The van der Waals surface area contributed by atoms with Crippen molar-refractivity contribution in [1.29, 1.82) is 0 Å². The van der Waals surface area contributed by atoms with E-state index in [9.17, 15) is 0 Å². The van der Waals surface area contributed by atoms with Crippen molar-refractivity contribution in [2.75, 3.05) is 19.7 Å². The minimum absolute atomic E-state index is 0.194. The molecule has 0 aromatic heterocycles. The van der Waals surface area contributed by atoms with Gasteiger partial charge in [-0.1, -0.05) is 56.0 Å². The monoisotopic (exact) mass is 261 g/mol. The van der Waals surface area contributed by atoms with Crippen LogP contribution >= 0.6 is 0 Å². The van der Waals surface area contributed by atoms with Gasteiger partial charge in [0, 0.05) is 13.2 Å². The van der Waals surface area contributed by atoms with E-state index in [0.29, 0.717) is 0 Å². The number of rotatable bonds is 8. The molecule has 0 spiro atoms. The van der Waals surface area contributed by atoms with E-state index < -0.39 is 0 Å². The van der Waals surface area contributed by atoms with E-state index in [1.165, 1.54) is 36.8 Å². The van der Waals surface area contributed by atoms with Crippen LogP contribution in [0.4, 0.5) is 0 Å². The standard InChI is InChI=1S/C17H27NO/c1-3-18-13-17(16-9-4-6-14(2)12-16)19-11-10-15-7-5-8-15/h4,6,9,12,15,17-18H,3,5,7-8,10-11,13H2,1-2H3. The van der Waals surface area contributed by atoms with Gasteiger partial charge in [-0.2, -0.15) is 0 Å². The maximum atomic E-state index is 6.13. The zero-order valence-corrected chi connectivity index (χ0v) is 12.3. The summed E-state index contributed by atoms with van der Waals surface area (Å²) >= 11 is 0. The van der Waals surface area contributed by atoms with Crippen molar-refractivity contribution in [3.8, 4) is 0 Å². The Morgan fingerprint density at radius 3 is 2.84 bits per heavy atom. The van der Waals surface area contributed by atoms with Crippen LogP contribution < -0.4 is 5.32 Å². The largest absolute Gasteiger partial charge is 0.372 e. The van der Waals surface area contributed by atoms with Crippen LogP contribution in [0, 0.1) is 12.8 Å². The van der Waals surface area contributed by atoms with E-state index in [1.54, 1.807) is 0 Å². The smallest absolute Gasteiger partial charge is 0.0949 e. The molecular formula is C17H27NO. The van der Waals surface area contributed by atoms with Gasteiger partial charge in [0.25, 0.3) is 0 Å². The summed E-state index contributed by atoms with van der Waals surface area (Å²) in [6, 6.07) is 8.69. The fourth-order valence-corrected chi connectivity index (χ4v) is 2.58. The highest BCUT2D eigenvalue weighted by atomic mass is 16.5. The molecule has 0 saturated heterocycles. The predicted molar refractivity (Wildman–Crippen MR) is 80.4 cm³/mol. The van der Waals surface area contributed by atoms with Crippen molar-refractivity contribution < 1.29 is 4.74 Å². The van der Waals surface area contributed by atoms with Gasteiger partial charge < -0.3 is 10.1 Å². The topological polar surface area (TPSA) is 21.3 Å². The molecule has 0 aliphatic heterocycles. The molecule has 0 bridgehead atoms. The molecule has 1 aliphatic carbocycles. The van der Waals surface area contributed by atoms with Gasteiger partial charge in [0.2, 0.25) is 0 Å². The third-order valence-electron chi connectivity index (χ3n) is 4.06. The summed E-state index contributed by atoms with van der Waals surface area (Å²) in [7, 11) is 0. The van der Waals surface area contributed by atoms with Gasteiger partial charge in [-0.25, -0.2) is 0 Å². The van der Waals surface area contributed by atoms with E-state index >= 15 is 0 Å². The third-order valence-corrected chi connectivity index (χ3v) is 4.06. The second-order valence-electron chi connectivity index (χ2n) is 5.67. The lowest BCUT2D eigenvalue weighted by Gasteiger charge is -2.26. The van der Waals surface area contributed by atoms with Crippen LogP contribution in [0.15, 0.2) is 24.3 Å². The van der Waals surface area contributed by atoms with Gasteiger partial charge in [-0.3, -0.25) is 0 Å². The van der Waals surface area contributed by atoms with Crippen molar-refractivity contribution in [3.63, 3.8) is 0 Å². The van der Waals surface area contributed by atoms with Crippen LogP contribution in [0.1, 0.15) is 49.8 Å². The Morgan fingerprint density at radius 1 is 1.37 bits per heavy atom. The third kappa shape index (κ3) is 4.63. The average molecular weight is 261 g/mol. The Kier molecular flexibility index (Phi) is 5.87. The van der Waals surface area contributed by atoms with E-state index in [1.807, 2.05) is 0 Å². The van der Waals surface area contributed by atoms with Gasteiger partial charge in [0.05, 0.1) is 6.10 Å². The molecule has 0 heterocycles. The molecule has 2 nitrogen and oxygen atoms in total. The summed E-state index contributed by atoms with van der Waals surface area (Å²) in [5.41, 5.74) is 2.61. The first-order valence-corrected chi connectivity index (χ1v) is 7.68. The van der Waals surface area contributed by atoms with Crippen LogP contribution in [-0.2, 0) is 4.74 Å². The maximum Gasteiger partial charge on any atom is 0.0949 e. The van der Waals surface area contributed by atoms with E-state index in [-0.39, 0.29) is 6.10 Å². The first kappa shape index (κ1) is 14.5. The molecule has 2 rings (SSSR count). The molecule has 1 aliphatic rings. The van der Waals surface area contributed by atoms with Crippen LogP contribution in [0.2, 0.25) is 0 Å². The van der Waals surface area contributed by atoms with Gasteiger partial charge in [0.15, 0.2) is 0 Å². The zero-order valence-electron chi connectivity index (χ0n) is 12.3. The number of hydrogen-bond acceptors (Lipinski definition) is 2. The first-order chi connectivity index (χ1) is 9.29. The number of aryl methyl sites for hydroxylation is 1. The summed E-state index contributed by atoms with van der Waals surface area (Å²) in [6.07, 6.45) is 5.66. The van der Waals surface area contributed by atoms with Gasteiger partial charge in [0.1, 0.15) is 0 Å². The Hall–Kier alpha value is -0.860. The molecule has 2 heteroatoms. The molecule has 0 amide bonds. The molecule has 1 N–H and O–H groups in total. The molecule has 1 fully saturated rings. The lowest BCUT2D eigenvalue weighted by molar-refractivity contribution is 0.0374. The average Bonchev–Trinajstić information content (AvgIpc) is 2.36. The molecule has 1 aromatic rings. The Morgan fingerprint density at radius 2 is 2.21 bits per heavy atom. The number of likely N-dealkylation sites (N-methyl/N-ethyl adjacent to an activating group) is 1. The van der Waals surface area contributed by atoms with Crippen LogP contribution in [0.5, 0.6) is 0 Å². The Balaban J connectivity index is 1.86. The van der Waals surface area contributed by atoms with Crippen LogP contribution in [0.25, 0.3) is 0 Å². The maximum absolute atomic E-state index is 6.13. The molecule has 106 valence electrons. The number of ether oxygens (including phenoxy) is 1. The van der Waals surface area contributed by atoms with Crippen molar-refractivity contribution >= 4 is 0 Å². The Labute approximate surface area is 117 Å². The molecule has 0 radical (unpaired) electrons. The van der Waals surface area contributed by atoms with Gasteiger partial charge >= 0.3 is 0 Å². The van der Waals surface area contributed by atoms with Crippen LogP contribution in [-0.4, -0.2) is 19.7 Å². The van der Waals surface area contributed by atoms with E-state index in [4.69, 9.17) is 4.74 Å². The first-order valence-electron chi connectivity index (χ1n) is 7.68. The molecule has 1 aromatic carbocycles. The lowest BCUT2D eigenvalue weighted by atomic mass is 9.83. The summed E-state index contributed by atoms with van der Waals surface area (Å²) in [5, 5.41) is 3.41. The SMILES string of the molecule is CCNCC(OCCC1CCC1)c1cccc(C)c1. The van der Waals surface area contributed by atoms with Crippen molar-refractivity contribution in [3.05, 3.63) is 35.4 Å². The molecule has 1 unspecified atom stereocenters. The minimum atomic E-state index is 0.194. The number of benzene rings is 1. The highest BCUT2D eigenvalue weighted by Gasteiger charge is 2.18. The lowest BCUT2D eigenvalue weighted by Crippen LogP contribution is -2.24. The molecular weight excluding hydrogens is 234 g/mol. The summed E-state index contributed by atoms with van der Waals surface area (Å²) in [4.78, 5) is 0. The molecule has 1 saturated carbocycles. The summed E-state index contributed by atoms with van der Waals surface area (Å²) in [6.45, 7) is 7.08. The highest BCUT2D eigenvalue weighted by molar-refractivity contribution is 5.24. The second kappa shape index (κ2) is 7.66. The van der Waals surface area contributed by atoms with Gasteiger partial charge in [-0.15, -0.1) is 0 Å². The van der Waals surface area contributed by atoms with Crippen molar-refractivity contribution in [1.82, 2.24) is 5.32 Å². The van der Waals surface area contributed by atoms with Crippen LogP contribution in [0.3, 0.4) is 0 Å². The Bertz CT molecular complexity index is 373. The zero-order chi connectivity index (χ0) is 13.5. The summed E-state index contributed by atoms with van der Waals surface area (Å²) in [5.74, 6) is 0.928. The van der Waals surface area contributed by atoms with Crippen molar-refractivity contribution in [2.45, 2.75) is 45.6 Å². The predicted octanol–water partition coefficient (Wildman–Crippen LogP) is 3.85. The number of nitrogens with one attached hydrogen (secondary N) is 1. The highest BCUT2D eigenvalue weighted by Crippen LogP contribution is 2.30. The molecule has 19 heavy (non-hydrogen) atoms. The normalized spacial score (nSPS) is 17.2.